The highest BCUT2D eigenvalue weighted by molar-refractivity contribution is 14.1. The normalized spacial score (nSPS) is 18.3. The van der Waals surface area contributed by atoms with Crippen LogP contribution in [-0.2, 0) is 4.74 Å². The number of halogens is 1. The molecular weight excluding hydrogens is 305 g/mol. The maximum atomic E-state index is 5.51. The Hall–Kier alpha value is -0.400. The van der Waals surface area contributed by atoms with E-state index in [0.29, 0.717) is 6.73 Å². The smallest absolute Gasteiger partial charge is 0.119 e. The van der Waals surface area contributed by atoms with Crippen molar-refractivity contribution in [1.29, 1.82) is 0 Å². The molecule has 2 rings (SSSR count). The minimum absolute atomic E-state index is 0.657. The average molecular weight is 319 g/mol. The van der Waals surface area contributed by atoms with Crippen molar-refractivity contribution in [3.8, 4) is 0 Å². The van der Waals surface area contributed by atoms with E-state index >= 15 is 0 Å². The number of anilines is 1. The number of nitrogens with one attached hydrogen (secondary N) is 1. The summed E-state index contributed by atoms with van der Waals surface area (Å²) >= 11 is 2.21. The van der Waals surface area contributed by atoms with Crippen LogP contribution >= 0.6 is 22.6 Å². The van der Waals surface area contributed by atoms with E-state index in [1.165, 1.54) is 0 Å². The minimum atomic E-state index is 0.657. The Morgan fingerprint density at radius 3 is 3.13 bits per heavy atom. The third-order valence-corrected chi connectivity index (χ3v) is 2.94. The summed E-state index contributed by atoms with van der Waals surface area (Å²) in [6.07, 6.45) is 1.90. The Labute approximate surface area is 103 Å². The van der Waals surface area contributed by atoms with Gasteiger partial charge in [-0.3, -0.25) is 0 Å². The third-order valence-electron chi connectivity index (χ3n) is 2.31. The predicted octanol–water partition coefficient (Wildman–Crippen LogP) is 1.07. The van der Waals surface area contributed by atoms with Crippen molar-refractivity contribution in [3.63, 3.8) is 0 Å². The Kier molecular flexibility index (Phi) is 4.16. The molecule has 1 N–H and O–H groups in total. The maximum absolute atomic E-state index is 5.51. The second-order valence-corrected chi connectivity index (χ2v) is 4.50. The highest BCUT2D eigenvalue weighted by atomic mass is 127. The summed E-state index contributed by atoms with van der Waals surface area (Å²) in [5.41, 5.74) is 1.12. The van der Waals surface area contributed by atoms with Crippen LogP contribution in [0.5, 0.6) is 0 Å². The summed E-state index contributed by atoms with van der Waals surface area (Å²) in [5.74, 6) is 0. The van der Waals surface area contributed by atoms with Gasteiger partial charge < -0.3 is 15.0 Å². The number of pyridine rings is 1. The van der Waals surface area contributed by atoms with Crippen LogP contribution in [-0.4, -0.2) is 38.0 Å². The average Bonchev–Trinajstić information content (AvgIpc) is 2.19. The molecule has 0 aromatic carbocycles. The largest absolute Gasteiger partial charge is 0.360 e. The van der Waals surface area contributed by atoms with Gasteiger partial charge in [0.1, 0.15) is 10.4 Å². The fourth-order valence-electron chi connectivity index (χ4n) is 1.48. The van der Waals surface area contributed by atoms with Gasteiger partial charge >= 0.3 is 0 Å². The van der Waals surface area contributed by atoms with Crippen molar-refractivity contribution in [2.75, 3.05) is 37.9 Å². The van der Waals surface area contributed by atoms with E-state index in [9.17, 15) is 0 Å². The first-order chi connectivity index (χ1) is 7.36. The quantitative estimate of drug-likeness (QED) is 0.621. The summed E-state index contributed by atoms with van der Waals surface area (Å²) in [7, 11) is 0. The summed E-state index contributed by atoms with van der Waals surface area (Å²) in [5, 5.41) is 3.31. The van der Waals surface area contributed by atoms with E-state index in [-0.39, 0.29) is 0 Å². The zero-order valence-electron chi connectivity index (χ0n) is 8.45. The van der Waals surface area contributed by atoms with Crippen LogP contribution in [0.3, 0.4) is 0 Å². The van der Waals surface area contributed by atoms with Gasteiger partial charge in [-0.2, -0.15) is 0 Å². The Morgan fingerprint density at radius 2 is 2.33 bits per heavy atom. The van der Waals surface area contributed by atoms with Crippen molar-refractivity contribution in [2.24, 2.45) is 0 Å². The lowest BCUT2D eigenvalue weighted by Gasteiger charge is -2.26. The molecular formula is C10H14IN3O. The Bertz CT molecular complexity index is 296. The molecule has 0 aliphatic carbocycles. The van der Waals surface area contributed by atoms with Gasteiger partial charge in [-0.25, -0.2) is 4.98 Å². The minimum Gasteiger partial charge on any atom is -0.360 e. The molecule has 0 atom stereocenters. The molecule has 15 heavy (non-hydrogen) atoms. The van der Waals surface area contributed by atoms with Crippen LogP contribution in [0.4, 0.5) is 5.69 Å². The van der Waals surface area contributed by atoms with Gasteiger partial charge in [-0.15, -0.1) is 0 Å². The van der Waals surface area contributed by atoms with Gasteiger partial charge in [0, 0.05) is 19.6 Å². The van der Waals surface area contributed by atoms with Crippen molar-refractivity contribution in [2.45, 2.75) is 0 Å². The van der Waals surface area contributed by atoms with Gasteiger partial charge in [0.25, 0.3) is 0 Å². The van der Waals surface area contributed by atoms with Crippen LogP contribution in [0.15, 0.2) is 18.3 Å². The standard InChI is InChI=1S/C10H14IN3O/c11-10-2-1-9(7-13-10)14-5-3-12-4-6-15-8-14/h1-2,7,12H,3-6,8H2. The van der Waals surface area contributed by atoms with Crippen molar-refractivity contribution in [1.82, 2.24) is 10.3 Å². The van der Waals surface area contributed by atoms with Crippen molar-refractivity contribution >= 4 is 28.3 Å². The molecule has 0 unspecified atom stereocenters. The topological polar surface area (TPSA) is 37.4 Å². The second-order valence-electron chi connectivity index (χ2n) is 3.39. The first kappa shape index (κ1) is 11.1. The first-order valence-electron chi connectivity index (χ1n) is 5.01. The number of aromatic nitrogens is 1. The zero-order valence-corrected chi connectivity index (χ0v) is 10.6. The predicted molar refractivity (Wildman–Crippen MR) is 68.0 cm³/mol. The lowest BCUT2D eigenvalue weighted by atomic mass is 10.3. The van der Waals surface area contributed by atoms with E-state index < -0.39 is 0 Å². The number of hydrogen-bond acceptors (Lipinski definition) is 4. The fourth-order valence-corrected chi connectivity index (χ4v) is 1.80. The van der Waals surface area contributed by atoms with Crippen molar-refractivity contribution < 1.29 is 4.74 Å². The van der Waals surface area contributed by atoms with Gasteiger partial charge in [-0.1, -0.05) is 0 Å². The maximum Gasteiger partial charge on any atom is 0.119 e. The van der Waals surface area contributed by atoms with E-state index in [2.05, 4.69) is 43.9 Å². The van der Waals surface area contributed by atoms with Crippen LogP contribution in [0.25, 0.3) is 0 Å². The molecule has 1 aliphatic rings. The molecule has 0 bridgehead atoms. The van der Waals surface area contributed by atoms with E-state index in [4.69, 9.17) is 4.74 Å². The number of hydrogen-bond donors (Lipinski definition) is 1. The lowest BCUT2D eigenvalue weighted by Crippen LogP contribution is -2.38. The zero-order chi connectivity index (χ0) is 10.5. The molecule has 0 amide bonds. The monoisotopic (exact) mass is 319 g/mol. The fraction of sp³-hybridized carbons (Fsp3) is 0.500. The number of rotatable bonds is 1. The molecule has 5 heteroatoms. The summed E-state index contributed by atoms with van der Waals surface area (Å²) in [6.45, 7) is 4.33. The molecule has 2 heterocycles. The highest BCUT2D eigenvalue weighted by Crippen LogP contribution is 2.13. The summed E-state index contributed by atoms with van der Waals surface area (Å²) < 4.78 is 6.52. The Morgan fingerprint density at radius 1 is 1.40 bits per heavy atom. The van der Waals surface area contributed by atoms with Gasteiger partial charge in [-0.05, 0) is 34.7 Å². The SMILES string of the molecule is Ic1ccc(N2CCNCCOC2)cn1. The number of ether oxygens (including phenoxy) is 1. The summed E-state index contributed by atoms with van der Waals surface area (Å²) in [6, 6.07) is 4.10. The molecule has 4 nitrogen and oxygen atoms in total. The molecule has 0 spiro atoms. The van der Waals surface area contributed by atoms with Gasteiger partial charge in [0.15, 0.2) is 0 Å². The van der Waals surface area contributed by atoms with Crippen LogP contribution in [0.1, 0.15) is 0 Å². The van der Waals surface area contributed by atoms with E-state index in [1.807, 2.05) is 12.3 Å². The molecule has 1 aromatic heterocycles. The van der Waals surface area contributed by atoms with Crippen LogP contribution in [0.2, 0.25) is 0 Å². The summed E-state index contributed by atoms with van der Waals surface area (Å²) in [4.78, 5) is 6.47. The third kappa shape index (κ3) is 3.29. The van der Waals surface area contributed by atoms with E-state index in [1.54, 1.807) is 0 Å². The molecule has 1 saturated heterocycles. The highest BCUT2D eigenvalue weighted by Gasteiger charge is 2.08. The molecule has 82 valence electrons. The molecule has 1 aromatic rings. The van der Waals surface area contributed by atoms with Crippen LogP contribution in [0, 0.1) is 3.70 Å². The van der Waals surface area contributed by atoms with Gasteiger partial charge in [0.2, 0.25) is 0 Å². The number of nitrogens with zero attached hydrogens (tertiary/aromatic N) is 2. The molecule has 0 saturated carbocycles. The molecule has 0 radical (unpaired) electrons. The van der Waals surface area contributed by atoms with Crippen molar-refractivity contribution in [3.05, 3.63) is 22.0 Å². The molecule has 1 fully saturated rings. The Balaban J connectivity index is 2.03. The van der Waals surface area contributed by atoms with Crippen LogP contribution < -0.4 is 10.2 Å². The lowest BCUT2D eigenvalue weighted by molar-refractivity contribution is 0.128. The van der Waals surface area contributed by atoms with E-state index in [0.717, 1.165) is 35.6 Å². The molecule has 1 aliphatic heterocycles. The first-order valence-corrected chi connectivity index (χ1v) is 6.09. The second kappa shape index (κ2) is 5.62. The van der Waals surface area contributed by atoms with Gasteiger partial charge in [0.05, 0.1) is 18.5 Å².